The zero-order chi connectivity index (χ0) is 17.4. The van der Waals surface area contributed by atoms with Gasteiger partial charge in [-0.15, -0.1) is 0 Å². The lowest BCUT2D eigenvalue weighted by Crippen LogP contribution is -2.05. The number of hydrogen-bond donors (Lipinski definition) is 0. The number of benzene rings is 3. The van der Waals surface area contributed by atoms with Gasteiger partial charge < -0.3 is 4.74 Å². The van der Waals surface area contributed by atoms with Crippen molar-refractivity contribution in [1.29, 1.82) is 0 Å². The molecule has 4 rings (SSSR count). The zero-order valence-electron chi connectivity index (χ0n) is 13.5. The molecule has 0 amide bonds. The van der Waals surface area contributed by atoms with E-state index in [4.69, 9.17) is 16.3 Å². The predicted molar refractivity (Wildman–Crippen MR) is 101 cm³/mol. The fraction of sp³-hybridized carbons (Fsp3) is 0.0476. The van der Waals surface area contributed by atoms with Crippen LogP contribution in [0.1, 0.15) is 16.7 Å². The third kappa shape index (κ3) is 2.83. The van der Waals surface area contributed by atoms with Gasteiger partial charge in [0.1, 0.15) is 0 Å². The van der Waals surface area contributed by atoms with Crippen LogP contribution >= 0.6 is 11.6 Å². The Morgan fingerprint density at radius 3 is 2.48 bits per heavy atom. The summed E-state index contributed by atoms with van der Waals surface area (Å²) in [5.74, 6) is -0.238. The molecule has 1 aliphatic rings. The van der Waals surface area contributed by atoms with Gasteiger partial charge in [-0.25, -0.2) is 9.79 Å². The average Bonchev–Trinajstić information content (AvgIpc) is 2.98. The monoisotopic (exact) mass is 347 g/mol. The van der Waals surface area contributed by atoms with E-state index in [-0.39, 0.29) is 11.6 Å². The SMILES string of the molecule is Cc1ccc(/C=C2\N=C(c3ccccc3Cl)OC2=O)c2ccccc12. The van der Waals surface area contributed by atoms with Crippen LogP contribution in [0.5, 0.6) is 0 Å². The third-order valence-corrected chi connectivity index (χ3v) is 4.52. The fourth-order valence-electron chi connectivity index (χ4n) is 2.91. The van der Waals surface area contributed by atoms with Gasteiger partial charge in [0.15, 0.2) is 5.70 Å². The van der Waals surface area contributed by atoms with E-state index in [0.29, 0.717) is 10.6 Å². The normalized spacial score (nSPS) is 15.5. The molecule has 0 aliphatic carbocycles. The number of hydrogen-bond acceptors (Lipinski definition) is 3. The van der Waals surface area contributed by atoms with Gasteiger partial charge in [-0.1, -0.05) is 60.1 Å². The minimum absolute atomic E-state index is 0.235. The molecule has 0 N–H and O–H groups in total. The molecule has 3 nitrogen and oxygen atoms in total. The first-order valence-electron chi connectivity index (χ1n) is 7.89. The smallest absolute Gasteiger partial charge is 0.363 e. The first kappa shape index (κ1) is 15.6. The summed E-state index contributed by atoms with van der Waals surface area (Å²) < 4.78 is 5.31. The van der Waals surface area contributed by atoms with Crippen molar-refractivity contribution in [1.82, 2.24) is 0 Å². The number of ether oxygens (including phenoxy) is 1. The Balaban J connectivity index is 1.81. The molecule has 0 saturated carbocycles. The molecule has 0 fully saturated rings. The average molecular weight is 348 g/mol. The second kappa shape index (κ2) is 6.19. The van der Waals surface area contributed by atoms with Crippen LogP contribution < -0.4 is 0 Å². The first-order valence-corrected chi connectivity index (χ1v) is 8.27. The minimum Gasteiger partial charge on any atom is -0.402 e. The first-order chi connectivity index (χ1) is 12.1. The Labute approximate surface area is 150 Å². The molecule has 25 heavy (non-hydrogen) atoms. The molecule has 1 aliphatic heterocycles. The van der Waals surface area contributed by atoms with Gasteiger partial charge >= 0.3 is 5.97 Å². The minimum atomic E-state index is -0.473. The summed E-state index contributed by atoms with van der Waals surface area (Å²) in [4.78, 5) is 16.6. The van der Waals surface area contributed by atoms with E-state index in [1.807, 2.05) is 42.5 Å². The van der Waals surface area contributed by atoms with E-state index in [0.717, 1.165) is 16.3 Å². The molecule has 122 valence electrons. The third-order valence-electron chi connectivity index (χ3n) is 4.19. The quantitative estimate of drug-likeness (QED) is 0.475. The Kier molecular flexibility index (Phi) is 3.86. The highest BCUT2D eigenvalue weighted by Crippen LogP contribution is 2.27. The van der Waals surface area contributed by atoms with Crippen molar-refractivity contribution >= 4 is 40.3 Å². The largest absolute Gasteiger partial charge is 0.402 e. The number of esters is 1. The summed E-state index contributed by atoms with van der Waals surface area (Å²) in [6.45, 7) is 2.07. The highest BCUT2D eigenvalue weighted by Gasteiger charge is 2.25. The lowest BCUT2D eigenvalue weighted by atomic mass is 10.00. The zero-order valence-corrected chi connectivity index (χ0v) is 14.2. The van der Waals surface area contributed by atoms with E-state index < -0.39 is 5.97 Å². The summed E-state index contributed by atoms with van der Waals surface area (Å²) in [6.07, 6.45) is 1.76. The topological polar surface area (TPSA) is 38.7 Å². The van der Waals surface area contributed by atoms with Crippen molar-refractivity contribution < 1.29 is 9.53 Å². The highest BCUT2D eigenvalue weighted by molar-refractivity contribution is 6.34. The molecule has 0 spiro atoms. The number of rotatable bonds is 2. The van der Waals surface area contributed by atoms with Crippen molar-refractivity contribution in [3.8, 4) is 0 Å². The molecule has 3 aromatic rings. The molecular weight excluding hydrogens is 334 g/mol. The van der Waals surface area contributed by atoms with Crippen LogP contribution in [-0.2, 0) is 9.53 Å². The Bertz CT molecular complexity index is 1070. The summed E-state index contributed by atoms with van der Waals surface area (Å²) in [5.41, 5.74) is 2.99. The van der Waals surface area contributed by atoms with E-state index in [2.05, 4.69) is 18.0 Å². The number of halogens is 1. The second-order valence-electron chi connectivity index (χ2n) is 5.83. The van der Waals surface area contributed by atoms with Crippen LogP contribution in [0.25, 0.3) is 16.8 Å². The summed E-state index contributed by atoms with van der Waals surface area (Å²) in [6, 6.07) is 19.3. The maximum absolute atomic E-state index is 12.2. The van der Waals surface area contributed by atoms with E-state index in [1.165, 1.54) is 5.56 Å². The number of fused-ring (bicyclic) bond motifs is 1. The van der Waals surface area contributed by atoms with Crippen LogP contribution in [0, 0.1) is 6.92 Å². The van der Waals surface area contributed by atoms with Crippen LogP contribution in [0.15, 0.2) is 71.4 Å². The molecule has 0 atom stereocenters. The highest BCUT2D eigenvalue weighted by atomic mass is 35.5. The number of aliphatic imine (C=N–C) groups is 1. The number of cyclic esters (lactones) is 1. The maximum Gasteiger partial charge on any atom is 0.363 e. The predicted octanol–water partition coefficient (Wildman–Crippen LogP) is 5.15. The van der Waals surface area contributed by atoms with Crippen LogP contribution in [0.3, 0.4) is 0 Å². The maximum atomic E-state index is 12.2. The van der Waals surface area contributed by atoms with E-state index >= 15 is 0 Å². The molecule has 0 radical (unpaired) electrons. The molecule has 0 bridgehead atoms. The molecule has 3 aromatic carbocycles. The molecule has 4 heteroatoms. The Morgan fingerprint density at radius 1 is 0.960 bits per heavy atom. The van der Waals surface area contributed by atoms with Crippen molar-refractivity contribution in [2.24, 2.45) is 4.99 Å². The molecule has 1 heterocycles. The fourth-order valence-corrected chi connectivity index (χ4v) is 3.12. The summed E-state index contributed by atoms with van der Waals surface area (Å²) in [7, 11) is 0. The number of nitrogens with zero attached hydrogens (tertiary/aromatic N) is 1. The number of aryl methyl sites for hydroxylation is 1. The summed E-state index contributed by atoms with van der Waals surface area (Å²) in [5, 5.41) is 2.72. The lowest BCUT2D eigenvalue weighted by molar-refractivity contribution is -0.129. The van der Waals surface area contributed by atoms with Crippen LogP contribution in [0.4, 0.5) is 0 Å². The Morgan fingerprint density at radius 2 is 1.68 bits per heavy atom. The summed E-state index contributed by atoms with van der Waals surface area (Å²) >= 11 is 6.16. The van der Waals surface area contributed by atoms with Gasteiger partial charge in [-0.2, -0.15) is 0 Å². The molecule has 0 saturated heterocycles. The van der Waals surface area contributed by atoms with Gasteiger partial charge in [0.05, 0.1) is 10.6 Å². The van der Waals surface area contributed by atoms with Gasteiger partial charge in [-0.05, 0) is 47.0 Å². The van der Waals surface area contributed by atoms with Gasteiger partial charge in [0.25, 0.3) is 0 Å². The number of carbonyl (C=O) groups is 1. The van der Waals surface area contributed by atoms with Crippen molar-refractivity contribution in [2.75, 3.05) is 0 Å². The molecular formula is C21H14ClNO2. The van der Waals surface area contributed by atoms with Crippen molar-refractivity contribution in [3.63, 3.8) is 0 Å². The molecule has 0 aromatic heterocycles. The van der Waals surface area contributed by atoms with Gasteiger partial charge in [0.2, 0.25) is 5.90 Å². The van der Waals surface area contributed by atoms with Crippen molar-refractivity contribution in [3.05, 3.63) is 88.1 Å². The van der Waals surface area contributed by atoms with Gasteiger partial charge in [-0.3, -0.25) is 0 Å². The second-order valence-corrected chi connectivity index (χ2v) is 6.24. The van der Waals surface area contributed by atoms with E-state index in [1.54, 1.807) is 18.2 Å². The standard InChI is InChI=1S/C21H14ClNO2/c1-13-10-11-14(16-7-3-2-6-15(13)16)12-19-21(24)25-20(23-19)17-8-4-5-9-18(17)22/h2-12H,1H3/b19-12-. The number of carbonyl (C=O) groups excluding carboxylic acids is 1. The van der Waals surface area contributed by atoms with Crippen LogP contribution in [-0.4, -0.2) is 11.9 Å². The van der Waals surface area contributed by atoms with E-state index in [9.17, 15) is 4.79 Å². The van der Waals surface area contributed by atoms with Crippen LogP contribution in [0.2, 0.25) is 5.02 Å². The van der Waals surface area contributed by atoms with Crippen molar-refractivity contribution in [2.45, 2.75) is 6.92 Å². The lowest BCUT2D eigenvalue weighted by Gasteiger charge is -2.05. The van der Waals surface area contributed by atoms with Gasteiger partial charge in [0, 0.05) is 0 Å². The Hall–Kier alpha value is -2.91. The molecule has 0 unspecified atom stereocenters.